The fourth-order valence-corrected chi connectivity index (χ4v) is 4.75. The molecule has 0 fully saturated rings. The lowest BCUT2D eigenvalue weighted by atomic mass is 10.1. The molecule has 3 aromatic heterocycles. The summed E-state index contributed by atoms with van der Waals surface area (Å²) in [7, 11) is 0. The molecule has 0 saturated heterocycles. The van der Waals surface area contributed by atoms with Crippen LogP contribution in [0.1, 0.15) is 37.7 Å². The van der Waals surface area contributed by atoms with E-state index in [1.807, 2.05) is 61.7 Å². The van der Waals surface area contributed by atoms with Crippen LogP contribution in [0.4, 0.5) is 11.5 Å². The summed E-state index contributed by atoms with van der Waals surface area (Å²) in [5.74, 6) is -0.413. The summed E-state index contributed by atoms with van der Waals surface area (Å²) >= 11 is 1.37. The van der Waals surface area contributed by atoms with E-state index in [-0.39, 0.29) is 30.7 Å². The highest BCUT2D eigenvalue weighted by atomic mass is 32.1. The lowest BCUT2D eigenvalue weighted by molar-refractivity contribution is -0.121. The molecule has 0 aliphatic carbocycles. The van der Waals surface area contributed by atoms with E-state index in [1.54, 1.807) is 22.7 Å². The Labute approximate surface area is 213 Å². The highest BCUT2D eigenvalue weighted by Crippen LogP contribution is 2.30. The van der Waals surface area contributed by atoms with Crippen molar-refractivity contribution in [2.45, 2.75) is 33.7 Å². The van der Waals surface area contributed by atoms with Gasteiger partial charge in [0.25, 0.3) is 5.91 Å². The van der Waals surface area contributed by atoms with Crippen molar-refractivity contribution in [2.24, 2.45) is 11.7 Å². The molecule has 3 N–H and O–H groups in total. The maximum atomic E-state index is 13.1. The van der Waals surface area contributed by atoms with Crippen molar-refractivity contribution in [1.82, 2.24) is 14.5 Å². The topological polar surface area (TPSA) is 123 Å². The predicted molar refractivity (Wildman–Crippen MR) is 142 cm³/mol. The van der Waals surface area contributed by atoms with E-state index < -0.39 is 5.91 Å². The van der Waals surface area contributed by atoms with E-state index in [4.69, 9.17) is 5.73 Å². The third-order valence-electron chi connectivity index (χ3n) is 5.76. The number of hydrogen-bond donors (Lipinski definition) is 2. The molecule has 186 valence electrons. The number of nitrogens with two attached hydrogens (primary N) is 1. The van der Waals surface area contributed by atoms with Gasteiger partial charge in [0, 0.05) is 59.8 Å². The molecule has 0 unspecified atom stereocenters. The number of hydrogen-bond acceptors (Lipinski definition) is 6. The normalized spacial score (nSPS) is 11.1. The number of nitrogens with one attached hydrogen (secondary N) is 1. The smallest absolute Gasteiger partial charge is 0.276 e. The fourth-order valence-electron chi connectivity index (χ4n) is 3.94. The van der Waals surface area contributed by atoms with Crippen LogP contribution in [0.3, 0.4) is 0 Å². The van der Waals surface area contributed by atoms with Gasteiger partial charge < -0.3 is 20.5 Å². The van der Waals surface area contributed by atoms with Gasteiger partial charge in [-0.1, -0.05) is 19.9 Å². The lowest BCUT2D eigenvalue weighted by Gasteiger charge is -2.23. The van der Waals surface area contributed by atoms with Gasteiger partial charge in [-0.3, -0.25) is 19.4 Å². The van der Waals surface area contributed by atoms with Crippen LogP contribution in [0.2, 0.25) is 0 Å². The average molecular weight is 505 g/mol. The van der Waals surface area contributed by atoms with E-state index in [0.717, 1.165) is 27.2 Å². The number of carbonyl (C=O) groups is 3. The van der Waals surface area contributed by atoms with Gasteiger partial charge in [0.1, 0.15) is 16.5 Å². The second-order valence-electron chi connectivity index (χ2n) is 8.61. The zero-order chi connectivity index (χ0) is 25.8. The van der Waals surface area contributed by atoms with E-state index in [9.17, 15) is 14.4 Å². The first-order valence-electron chi connectivity index (χ1n) is 11.7. The molecule has 9 nitrogen and oxygen atoms in total. The molecule has 0 spiro atoms. The van der Waals surface area contributed by atoms with Gasteiger partial charge >= 0.3 is 0 Å². The maximum absolute atomic E-state index is 13.1. The average Bonchev–Trinajstić information content (AvgIpc) is 3.48. The van der Waals surface area contributed by atoms with E-state index >= 15 is 0 Å². The zero-order valence-corrected chi connectivity index (χ0v) is 21.2. The number of rotatable bonds is 9. The van der Waals surface area contributed by atoms with Crippen molar-refractivity contribution in [1.29, 1.82) is 0 Å². The van der Waals surface area contributed by atoms with Gasteiger partial charge in [-0.25, -0.2) is 4.98 Å². The number of fused-ring (bicyclic) bond motifs is 1. The molecule has 4 aromatic rings. The Morgan fingerprint density at radius 3 is 2.56 bits per heavy atom. The number of amides is 3. The first kappa shape index (κ1) is 25.1. The molecular weight excluding hydrogens is 476 g/mol. The Bertz CT molecular complexity index is 1410. The maximum Gasteiger partial charge on any atom is 0.276 e. The molecule has 36 heavy (non-hydrogen) atoms. The predicted octanol–water partition coefficient (Wildman–Crippen LogP) is 4.30. The number of anilines is 2. The number of aromatic nitrogens is 3. The molecule has 4 rings (SSSR count). The molecule has 0 saturated carbocycles. The summed E-state index contributed by atoms with van der Waals surface area (Å²) in [6.07, 6.45) is 3.45. The van der Waals surface area contributed by atoms with Gasteiger partial charge in [-0.15, -0.1) is 11.3 Å². The van der Waals surface area contributed by atoms with Crippen LogP contribution in [-0.4, -0.2) is 38.8 Å². The van der Waals surface area contributed by atoms with Gasteiger partial charge in [0.2, 0.25) is 11.8 Å². The highest BCUT2D eigenvalue weighted by Gasteiger charge is 2.20. The number of pyridine rings is 1. The van der Waals surface area contributed by atoms with Crippen LogP contribution >= 0.6 is 11.3 Å². The van der Waals surface area contributed by atoms with Gasteiger partial charge in [-0.05, 0) is 37.3 Å². The largest absolute Gasteiger partial charge is 0.370 e. The number of thiazole rings is 1. The van der Waals surface area contributed by atoms with Crippen LogP contribution in [0.25, 0.3) is 21.5 Å². The molecular formula is C26H28N6O3S. The summed E-state index contributed by atoms with van der Waals surface area (Å²) in [4.78, 5) is 47.6. The van der Waals surface area contributed by atoms with Crippen LogP contribution in [0.15, 0.2) is 54.2 Å². The monoisotopic (exact) mass is 504 g/mol. The molecule has 3 heterocycles. The van der Waals surface area contributed by atoms with Crippen LogP contribution in [-0.2, 0) is 16.1 Å². The van der Waals surface area contributed by atoms with Crippen LogP contribution in [0, 0.1) is 5.92 Å². The Kier molecular flexibility index (Phi) is 7.44. The van der Waals surface area contributed by atoms with Crippen LogP contribution < -0.4 is 16.0 Å². The van der Waals surface area contributed by atoms with Crippen molar-refractivity contribution in [2.75, 3.05) is 16.8 Å². The SMILES string of the molecule is CCN(C(=O)C(C)C)c1ccc2cc(NC(=O)c3csc(-c4ccncc4)n3)n(CCC(N)=O)c2c1. The van der Waals surface area contributed by atoms with E-state index in [1.165, 1.54) is 11.3 Å². The second-order valence-corrected chi connectivity index (χ2v) is 9.46. The molecule has 0 bridgehead atoms. The molecule has 3 amide bonds. The minimum Gasteiger partial charge on any atom is -0.370 e. The number of nitrogens with zero attached hydrogens (tertiary/aromatic N) is 4. The van der Waals surface area contributed by atoms with Crippen molar-refractivity contribution < 1.29 is 14.4 Å². The molecule has 0 atom stereocenters. The number of aryl methyl sites for hydroxylation is 1. The van der Waals surface area contributed by atoms with Gasteiger partial charge in [0.05, 0.1) is 5.52 Å². The van der Waals surface area contributed by atoms with Crippen LogP contribution in [0.5, 0.6) is 0 Å². The summed E-state index contributed by atoms with van der Waals surface area (Å²) in [5.41, 5.74) is 8.13. The number of primary amides is 1. The molecule has 1 aromatic carbocycles. The van der Waals surface area contributed by atoms with E-state index in [2.05, 4.69) is 15.3 Å². The number of benzene rings is 1. The second kappa shape index (κ2) is 10.7. The molecule has 0 aliphatic rings. The first-order chi connectivity index (χ1) is 17.3. The zero-order valence-electron chi connectivity index (χ0n) is 20.4. The quantitative estimate of drug-likeness (QED) is 0.352. The number of carbonyl (C=O) groups excluding carboxylic acids is 3. The van der Waals surface area contributed by atoms with Crippen molar-refractivity contribution in [3.05, 3.63) is 59.9 Å². The third kappa shape index (κ3) is 5.28. The first-order valence-corrected chi connectivity index (χ1v) is 12.6. The standard InChI is InChI=1S/C26H28N6O3S/c1-4-31(26(35)16(2)3)19-6-5-18-13-23(32(21(18)14-19)12-9-22(27)33)30-24(34)20-15-36-25(29-20)17-7-10-28-11-8-17/h5-8,10-11,13-16H,4,9,12H2,1-3H3,(H2,27,33)(H,30,34). The Balaban J connectivity index is 1.68. The minimum absolute atomic E-state index is 0.0224. The van der Waals surface area contributed by atoms with Crippen molar-refractivity contribution in [3.8, 4) is 10.6 Å². The summed E-state index contributed by atoms with van der Waals surface area (Å²) in [5, 5.41) is 6.22. The van der Waals surface area contributed by atoms with Crippen molar-refractivity contribution in [3.63, 3.8) is 0 Å². The Hall–Kier alpha value is -4.05. The summed E-state index contributed by atoms with van der Waals surface area (Å²) in [6, 6.07) is 11.2. The highest BCUT2D eigenvalue weighted by molar-refractivity contribution is 7.13. The molecule has 0 aliphatic heterocycles. The lowest BCUT2D eigenvalue weighted by Crippen LogP contribution is -2.34. The molecule has 0 radical (unpaired) electrons. The fraction of sp³-hybridized carbons (Fsp3) is 0.269. The van der Waals surface area contributed by atoms with Gasteiger partial charge in [0.15, 0.2) is 0 Å². The third-order valence-corrected chi connectivity index (χ3v) is 6.65. The van der Waals surface area contributed by atoms with E-state index in [0.29, 0.717) is 18.1 Å². The summed E-state index contributed by atoms with van der Waals surface area (Å²) < 4.78 is 1.84. The molecule has 10 heteroatoms. The van der Waals surface area contributed by atoms with Gasteiger partial charge in [-0.2, -0.15) is 0 Å². The van der Waals surface area contributed by atoms with Crippen molar-refractivity contribution >= 4 is 51.5 Å². The minimum atomic E-state index is -0.447. The Morgan fingerprint density at radius 1 is 1.14 bits per heavy atom. The Morgan fingerprint density at radius 2 is 1.89 bits per heavy atom. The summed E-state index contributed by atoms with van der Waals surface area (Å²) in [6.45, 7) is 6.46.